The highest BCUT2D eigenvalue weighted by Gasteiger charge is 2.12. The zero-order valence-corrected chi connectivity index (χ0v) is 11.0. The van der Waals surface area contributed by atoms with Crippen molar-refractivity contribution >= 4 is 62.2 Å². The van der Waals surface area contributed by atoms with Gasteiger partial charge in [-0.2, -0.15) is 0 Å². The van der Waals surface area contributed by atoms with Crippen LogP contribution < -0.4 is 0 Å². The van der Waals surface area contributed by atoms with Gasteiger partial charge in [0.15, 0.2) is 0 Å². The van der Waals surface area contributed by atoms with Gasteiger partial charge in [-0.3, -0.25) is 0 Å². The van der Waals surface area contributed by atoms with Crippen molar-refractivity contribution in [3.05, 3.63) is 25.1 Å². The summed E-state index contributed by atoms with van der Waals surface area (Å²) in [5, 5.41) is 8.75. The fraction of sp³-hybridized carbons (Fsp3) is 0. The summed E-state index contributed by atoms with van der Waals surface area (Å²) in [6.45, 7) is 0. The van der Waals surface area contributed by atoms with Crippen LogP contribution in [-0.4, -0.2) is 21.0 Å². The van der Waals surface area contributed by atoms with Crippen LogP contribution in [0.2, 0.25) is 0 Å². The molecular formula is C8H4I2N2O2. The summed E-state index contributed by atoms with van der Waals surface area (Å²) in [7, 11) is 0. The van der Waals surface area contributed by atoms with Crippen LogP contribution in [0.15, 0.2) is 12.1 Å². The van der Waals surface area contributed by atoms with E-state index in [9.17, 15) is 4.79 Å². The van der Waals surface area contributed by atoms with Crippen LogP contribution in [0, 0.1) is 7.14 Å². The van der Waals surface area contributed by atoms with Gasteiger partial charge in [0.05, 0.1) is 9.09 Å². The molecule has 1 aromatic heterocycles. The molecule has 0 bridgehead atoms. The van der Waals surface area contributed by atoms with Crippen molar-refractivity contribution in [2.75, 3.05) is 0 Å². The van der Waals surface area contributed by atoms with Crippen LogP contribution >= 0.6 is 45.2 Å². The molecule has 0 aliphatic rings. The smallest absolute Gasteiger partial charge is 0.371 e. The third-order valence-electron chi connectivity index (χ3n) is 1.75. The van der Waals surface area contributed by atoms with Crippen molar-refractivity contribution < 1.29 is 9.90 Å². The maximum Gasteiger partial charge on any atom is 0.371 e. The number of carboxylic acids is 1. The highest BCUT2D eigenvalue weighted by molar-refractivity contribution is 14.1. The lowest BCUT2D eigenvalue weighted by Gasteiger charge is -1.94. The quantitative estimate of drug-likeness (QED) is 0.706. The molecule has 0 radical (unpaired) electrons. The minimum atomic E-state index is -1.04. The molecule has 14 heavy (non-hydrogen) atoms. The molecule has 0 aliphatic carbocycles. The molecule has 2 rings (SSSR count). The van der Waals surface area contributed by atoms with E-state index in [1.807, 2.05) is 12.1 Å². The summed E-state index contributed by atoms with van der Waals surface area (Å²) >= 11 is 4.35. The number of fused-ring (bicyclic) bond motifs is 1. The van der Waals surface area contributed by atoms with Gasteiger partial charge in [-0.1, -0.05) is 0 Å². The molecule has 1 heterocycles. The lowest BCUT2D eigenvalue weighted by Crippen LogP contribution is -1.97. The van der Waals surface area contributed by atoms with Crippen LogP contribution in [0.5, 0.6) is 0 Å². The second kappa shape index (κ2) is 3.65. The molecule has 2 N–H and O–H groups in total. The molecule has 0 atom stereocenters. The van der Waals surface area contributed by atoms with Crippen molar-refractivity contribution in [2.24, 2.45) is 0 Å². The van der Waals surface area contributed by atoms with E-state index in [-0.39, 0.29) is 5.82 Å². The monoisotopic (exact) mass is 414 g/mol. The van der Waals surface area contributed by atoms with E-state index in [0.717, 1.165) is 18.2 Å². The number of carboxylic acid groups (broad SMARTS) is 1. The molecule has 0 spiro atoms. The number of hydrogen-bond acceptors (Lipinski definition) is 2. The Morgan fingerprint density at radius 3 is 2.79 bits per heavy atom. The average molecular weight is 414 g/mol. The van der Waals surface area contributed by atoms with Crippen molar-refractivity contribution in [3.8, 4) is 0 Å². The van der Waals surface area contributed by atoms with Crippen molar-refractivity contribution in [1.29, 1.82) is 0 Å². The summed E-state index contributed by atoms with van der Waals surface area (Å²) in [6.07, 6.45) is 0. The number of imidazole rings is 1. The summed E-state index contributed by atoms with van der Waals surface area (Å²) in [5.74, 6) is -1.05. The maximum atomic E-state index is 10.7. The molecule has 0 unspecified atom stereocenters. The van der Waals surface area contributed by atoms with Crippen LogP contribution in [0.1, 0.15) is 10.6 Å². The van der Waals surface area contributed by atoms with Gasteiger partial charge in [0.1, 0.15) is 5.52 Å². The maximum absolute atomic E-state index is 10.7. The van der Waals surface area contributed by atoms with Gasteiger partial charge in [-0.05, 0) is 57.3 Å². The Balaban J connectivity index is 2.77. The fourth-order valence-electron chi connectivity index (χ4n) is 1.12. The second-order valence-electron chi connectivity index (χ2n) is 2.65. The number of aromatic nitrogens is 2. The van der Waals surface area contributed by atoms with Gasteiger partial charge in [0.25, 0.3) is 0 Å². The number of aromatic amines is 1. The molecule has 0 saturated heterocycles. The van der Waals surface area contributed by atoms with E-state index >= 15 is 0 Å². The highest BCUT2D eigenvalue weighted by atomic mass is 127. The molecule has 72 valence electrons. The molecule has 0 saturated carbocycles. The second-order valence-corrected chi connectivity index (χ2v) is 4.89. The van der Waals surface area contributed by atoms with E-state index in [1.165, 1.54) is 0 Å². The number of benzene rings is 1. The Bertz CT molecular complexity index is 521. The Hall–Kier alpha value is -0.380. The molecule has 0 fully saturated rings. The van der Waals surface area contributed by atoms with E-state index < -0.39 is 5.97 Å². The number of aromatic carboxylic acids is 1. The largest absolute Gasteiger partial charge is 0.475 e. The SMILES string of the molecule is O=C(O)c1nc2c(I)c(I)ccc2[nH]1. The van der Waals surface area contributed by atoms with Gasteiger partial charge < -0.3 is 10.1 Å². The summed E-state index contributed by atoms with van der Waals surface area (Å²) in [6, 6.07) is 3.76. The fourth-order valence-corrected chi connectivity index (χ4v) is 2.14. The summed E-state index contributed by atoms with van der Waals surface area (Å²) in [5.41, 5.74) is 1.47. The van der Waals surface area contributed by atoms with Crippen molar-refractivity contribution in [2.45, 2.75) is 0 Å². The lowest BCUT2D eigenvalue weighted by atomic mass is 10.3. The van der Waals surface area contributed by atoms with Crippen molar-refractivity contribution in [1.82, 2.24) is 9.97 Å². The number of H-pyrrole nitrogens is 1. The predicted octanol–water partition coefficient (Wildman–Crippen LogP) is 2.47. The standard InChI is InChI=1S/C8H4I2N2O2/c9-3-1-2-4-6(5(3)10)12-7(11-4)8(13)14/h1-2H,(H,11,12)(H,13,14). The first-order valence-corrected chi connectivity index (χ1v) is 5.82. The van der Waals surface area contributed by atoms with E-state index in [4.69, 9.17) is 5.11 Å². The highest BCUT2D eigenvalue weighted by Crippen LogP contribution is 2.23. The van der Waals surface area contributed by atoms with Gasteiger partial charge >= 0.3 is 5.97 Å². The topological polar surface area (TPSA) is 66.0 Å². The third-order valence-corrected chi connectivity index (χ3v) is 4.77. The van der Waals surface area contributed by atoms with Crippen LogP contribution in [-0.2, 0) is 0 Å². The Kier molecular flexibility index (Phi) is 2.64. The van der Waals surface area contributed by atoms with Crippen LogP contribution in [0.3, 0.4) is 0 Å². The molecule has 2 aromatic rings. The van der Waals surface area contributed by atoms with Gasteiger partial charge in [-0.25, -0.2) is 9.78 Å². The molecular weight excluding hydrogens is 410 g/mol. The zero-order chi connectivity index (χ0) is 10.3. The first kappa shape index (κ1) is 10.1. The Labute approximate surface area is 106 Å². The Morgan fingerprint density at radius 1 is 1.43 bits per heavy atom. The van der Waals surface area contributed by atoms with Crippen LogP contribution in [0.25, 0.3) is 11.0 Å². The minimum absolute atomic E-state index is 0.0140. The lowest BCUT2D eigenvalue weighted by molar-refractivity contribution is 0.0685. The normalized spacial score (nSPS) is 10.7. The number of nitrogens with zero attached hydrogens (tertiary/aromatic N) is 1. The van der Waals surface area contributed by atoms with Gasteiger partial charge in [0.2, 0.25) is 5.82 Å². The number of nitrogens with one attached hydrogen (secondary N) is 1. The number of hydrogen-bond donors (Lipinski definition) is 2. The zero-order valence-electron chi connectivity index (χ0n) is 6.71. The minimum Gasteiger partial charge on any atom is -0.475 e. The van der Waals surface area contributed by atoms with E-state index in [0.29, 0.717) is 0 Å². The predicted molar refractivity (Wildman–Crippen MR) is 68.5 cm³/mol. The van der Waals surface area contributed by atoms with Crippen molar-refractivity contribution in [3.63, 3.8) is 0 Å². The first-order chi connectivity index (χ1) is 6.59. The first-order valence-electron chi connectivity index (χ1n) is 3.66. The molecule has 4 nitrogen and oxygen atoms in total. The Morgan fingerprint density at radius 2 is 2.14 bits per heavy atom. The summed E-state index contributed by atoms with van der Waals surface area (Å²) < 4.78 is 2.04. The number of rotatable bonds is 1. The number of halogens is 2. The molecule has 0 amide bonds. The molecule has 0 aliphatic heterocycles. The van der Waals surface area contributed by atoms with Crippen LogP contribution in [0.4, 0.5) is 0 Å². The average Bonchev–Trinajstić information content (AvgIpc) is 2.56. The molecule has 1 aromatic carbocycles. The number of carbonyl (C=O) groups is 1. The van der Waals surface area contributed by atoms with E-state index in [1.54, 1.807) is 0 Å². The van der Waals surface area contributed by atoms with E-state index in [2.05, 4.69) is 55.1 Å². The summed E-state index contributed by atoms with van der Waals surface area (Å²) in [4.78, 5) is 17.4. The van der Waals surface area contributed by atoms with Gasteiger partial charge in [-0.15, -0.1) is 0 Å². The van der Waals surface area contributed by atoms with Gasteiger partial charge in [0, 0.05) is 3.57 Å². The third kappa shape index (κ3) is 1.60. The molecule has 6 heteroatoms.